The highest BCUT2D eigenvalue weighted by Crippen LogP contribution is 2.48. The smallest absolute Gasteiger partial charge is 0.417 e. The molecule has 0 N–H and O–H groups in total. The van der Waals surface area contributed by atoms with E-state index in [4.69, 9.17) is 21.1 Å². The number of likely N-dealkylation sites (tertiary alicyclic amines) is 1. The second kappa shape index (κ2) is 11.2. The molecule has 3 fully saturated rings. The van der Waals surface area contributed by atoms with E-state index in [0.717, 1.165) is 45.2 Å². The Kier molecular flexibility index (Phi) is 8.11. The lowest BCUT2D eigenvalue weighted by Gasteiger charge is -2.48. The van der Waals surface area contributed by atoms with E-state index in [1.54, 1.807) is 30.2 Å². The molecule has 1 aromatic heterocycles. The number of piperazine rings is 1. The lowest BCUT2D eigenvalue weighted by Crippen LogP contribution is -2.60. The molecule has 1 aromatic carbocycles. The van der Waals surface area contributed by atoms with E-state index < -0.39 is 29.1 Å². The van der Waals surface area contributed by atoms with Gasteiger partial charge in [0.1, 0.15) is 11.4 Å². The molecule has 0 saturated carbocycles. The third-order valence-corrected chi connectivity index (χ3v) is 10.9. The number of rotatable bonds is 3. The molecule has 1 amide bonds. The first kappa shape index (κ1) is 31.7. The van der Waals surface area contributed by atoms with E-state index in [2.05, 4.69) is 9.88 Å². The summed E-state index contributed by atoms with van der Waals surface area (Å²) >= 11 is 7.72. The number of halogens is 4. The van der Waals surface area contributed by atoms with Gasteiger partial charge in [-0.2, -0.15) is 18.2 Å². The predicted molar refractivity (Wildman–Crippen MR) is 164 cm³/mol. The standard InChI is InChI=1S/C30H39ClF3N5O4S/c1-17-11-37(12-18(2)38(17)27(41)43-28(3,4)5)25-20-10-21(30(32,33)34)22(31)24-23(20)39(26(40)35-25)19(14-44-24)13-36-8-6-29(7-9-36)15-42-16-29/h10,17-19H,6-9,11-16H2,1-5H3/t17-,18+,19-/m0/s1. The summed E-state index contributed by atoms with van der Waals surface area (Å²) in [4.78, 5) is 37.3. The van der Waals surface area contributed by atoms with Gasteiger partial charge >= 0.3 is 18.0 Å². The topological polar surface area (TPSA) is 80.1 Å². The fourth-order valence-electron chi connectivity index (χ4n) is 7.00. The lowest BCUT2D eigenvalue weighted by atomic mass is 9.77. The third kappa shape index (κ3) is 5.78. The molecule has 14 heteroatoms. The van der Waals surface area contributed by atoms with Crippen molar-refractivity contribution in [1.29, 1.82) is 0 Å². The summed E-state index contributed by atoms with van der Waals surface area (Å²) in [5.41, 5.74) is -1.47. The maximum Gasteiger partial charge on any atom is 0.417 e. The van der Waals surface area contributed by atoms with Crippen molar-refractivity contribution < 1.29 is 27.4 Å². The van der Waals surface area contributed by atoms with Crippen LogP contribution < -0.4 is 10.6 Å². The molecule has 2 aromatic rings. The minimum atomic E-state index is -4.69. The van der Waals surface area contributed by atoms with Crippen LogP contribution in [0.3, 0.4) is 0 Å². The number of hydrogen-bond acceptors (Lipinski definition) is 8. The second-order valence-electron chi connectivity index (χ2n) is 13.8. The highest BCUT2D eigenvalue weighted by Gasteiger charge is 2.43. The highest BCUT2D eigenvalue weighted by atomic mass is 35.5. The molecule has 0 radical (unpaired) electrons. The van der Waals surface area contributed by atoms with Gasteiger partial charge in [-0.15, -0.1) is 11.8 Å². The first-order chi connectivity index (χ1) is 20.6. The molecule has 44 heavy (non-hydrogen) atoms. The summed E-state index contributed by atoms with van der Waals surface area (Å²) in [6.45, 7) is 13.6. The molecule has 9 nitrogen and oxygen atoms in total. The van der Waals surface area contributed by atoms with E-state index in [-0.39, 0.29) is 57.8 Å². The van der Waals surface area contributed by atoms with Crippen molar-refractivity contribution in [3.05, 3.63) is 27.1 Å². The normalized spacial score (nSPS) is 25.8. The number of carbonyl (C=O) groups is 1. The van der Waals surface area contributed by atoms with Crippen molar-refractivity contribution in [2.24, 2.45) is 5.41 Å². The number of anilines is 1. The molecule has 0 unspecified atom stereocenters. The zero-order valence-electron chi connectivity index (χ0n) is 25.7. The number of carbonyl (C=O) groups excluding carboxylic acids is 1. The molecule has 6 rings (SSSR count). The van der Waals surface area contributed by atoms with Crippen molar-refractivity contribution >= 4 is 46.2 Å². The molecule has 5 heterocycles. The number of benzene rings is 1. The summed E-state index contributed by atoms with van der Waals surface area (Å²) in [6.07, 6.45) is -3.10. The Balaban J connectivity index is 1.38. The molecule has 1 spiro atoms. The number of ether oxygens (including phenoxy) is 2. The molecule has 0 bridgehead atoms. The first-order valence-corrected chi connectivity index (χ1v) is 16.5. The zero-order chi connectivity index (χ0) is 31.8. The van der Waals surface area contributed by atoms with Gasteiger partial charge in [0.2, 0.25) is 0 Å². The van der Waals surface area contributed by atoms with Crippen LogP contribution in [-0.2, 0) is 15.7 Å². The number of alkyl halides is 3. The van der Waals surface area contributed by atoms with E-state index in [9.17, 15) is 22.8 Å². The van der Waals surface area contributed by atoms with Gasteiger partial charge in [-0.1, -0.05) is 11.6 Å². The fourth-order valence-corrected chi connectivity index (χ4v) is 8.61. The van der Waals surface area contributed by atoms with Crippen LogP contribution in [0.5, 0.6) is 0 Å². The maximum absolute atomic E-state index is 14.3. The fraction of sp³-hybridized carbons (Fsp3) is 0.700. The number of amides is 1. The molecule has 242 valence electrons. The number of hydrogen-bond donors (Lipinski definition) is 0. The van der Waals surface area contributed by atoms with Gasteiger partial charge in [-0.05, 0) is 66.6 Å². The SMILES string of the molecule is C[C@@H]1CN(c2nc(=O)n3c4c(c(Cl)c(C(F)(F)F)cc24)SC[C@@H]3CN2CCC3(CC2)COC3)C[C@H](C)N1C(=O)OC(C)(C)C. The molecule has 4 aliphatic rings. The van der Waals surface area contributed by atoms with Crippen molar-refractivity contribution in [2.75, 3.05) is 56.6 Å². The van der Waals surface area contributed by atoms with Crippen LogP contribution >= 0.6 is 23.4 Å². The van der Waals surface area contributed by atoms with E-state index in [1.807, 2.05) is 18.7 Å². The van der Waals surface area contributed by atoms with Gasteiger partial charge in [-0.3, -0.25) is 9.47 Å². The van der Waals surface area contributed by atoms with Gasteiger partial charge in [0.05, 0.1) is 52.3 Å². The Bertz CT molecular complexity index is 1500. The number of thioether (sulfide) groups is 1. The van der Waals surface area contributed by atoms with Gasteiger partial charge in [0, 0.05) is 36.2 Å². The van der Waals surface area contributed by atoms with Crippen molar-refractivity contribution in [3.8, 4) is 0 Å². The van der Waals surface area contributed by atoms with E-state index >= 15 is 0 Å². The van der Waals surface area contributed by atoms with Crippen LogP contribution in [0.25, 0.3) is 10.9 Å². The minimum absolute atomic E-state index is 0.179. The molecular formula is C30H39ClF3N5O4S. The Morgan fingerprint density at radius 1 is 1.16 bits per heavy atom. The monoisotopic (exact) mass is 657 g/mol. The predicted octanol–water partition coefficient (Wildman–Crippen LogP) is 5.66. The Morgan fingerprint density at radius 3 is 2.34 bits per heavy atom. The Labute approximate surface area is 264 Å². The van der Waals surface area contributed by atoms with Crippen LogP contribution in [0, 0.1) is 5.41 Å². The van der Waals surface area contributed by atoms with E-state index in [0.29, 0.717) is 17.8 Å². The number of nitrogens with zero attached hydrogens (tertiary/aromatic N) is 5. The van der Waals surface area contributed by atoms with E-state index in [1.165, 1.54) is 11.8 Å². The molecule has 3 atom stereocenters. The van der Waals surface area contributed by atoms with Crippen LogP contribution in [0.2, 0.25) is 5.02 Å². The van der Waals surface area contributed by atoms with Crippen molar-refractivity contribution in [2.45, 2.75) is 82.3 Å². The van der Waals surface area contributed by atoms with Gasteiger partial charge in [0.15, 0.2) is 0 Å². The van der Waals surface area contributed by atoms with Gasteiger partial charge < -0.3 is 19.3 Å². The highest BCUT2D eigenvalue weighted by molar-refractivity contribution is 7.99. The summed E-state index contributed by atoms with van der Waals surface area (Å²) in [7, 11) is 0. The summed E-state index contributed by atoms with van der Waals surface area (Å²) in [5.74, 6) is 0.593. The number of aromatic nitrogens is 2. The lowest BCUT2D eigenvalue weighted by molar-refractivity contribution is -0.140. The van der Waals surface area contributed by atoms with Gasteiger partial charge in [0.25, 0.3) is 0 Å². The quantitative estimate of drug-likeness (QED) is 0.419. The summed E-state index contributed by atoms with van der Waals surface area (Å²) < 4.78 is 55.5. The second-order valence-corrected chi connectivity index (χ2v) is 15.2. The van der Waals surface area contributed by atoms with Crippen molar-refractivity contribution in [1.82, 2.24) is 19.4 Å². The van der Waals surface area contributed by atoms with Crippen molar-refractivity contribution in [3.63, 3.8) is 0 Å². The third-order valence-electron chi connectivity index (χ3n) is 9.20. The van der Waals surface area contributed by atoms with Crippen LogP contribution in [0.15, 0.2) is 15.8 Å². The van der Waals surface area contributed by atoms with Gasteiger partial charge in [-0.25, -0.2) is 9.59 Å². The maximum atomic E-state index is 14.3. The largest absolute Gasteiger partial charge is 0.444 e. The average Bonchev–Trinajstić information content (AvgIpc) is 2.89. The molecule has 4 aliphatic heterocycles. The first-order valence-electron chi connectivity index (χ1n) is 15.1. The molecule has 0 aliphatic carbocycles. The summed E-state index contributed by atoms with van der Waals surface area (Å²) in [6, 6.07) is 0.0741. The van der Waals surface area contributed by atoms with Crippen LogP contribution in [0.1, 0.15) is 59.1 Å². The Morgan fingerprint density at radius 2 is 1.80 bits per heavy atom. The number of piperidine rings is 1. The molecule has 3 saturated heterocycles. The van der Waals surface area contributed by atoms with Crippen LogP contribution in [-0.4, -0.2) is 94.8 Å². The van der Waals surface area contributed by atoms with Crippen LogP contribution in [0.4, 0.5) is 23.8 Å². The average molecular weight is 658 g/mol. The Hall–Kier alpha value is -2.22. The minimum Gasteiger partial charge on any atom is -0.444 e. The zero-order valence-corrected chi connectivity index (χ0v) is 27.2. The summed E-state index contributed by atoms with van der Waals surface area (Å²) in [5, 5.41) is -0.150. The molecular weight excluding hydrogens is 619 g/mol.